The quantitative estimate of drug-likeness (QED) is 0.716. The minimum absolute atomic E-state index is 0.121. The zero-order valence-corrected chi connectivity index (χ0v) is 15.9. The third-order valence-electron chi connectivity index (χ3n) is 4.38. The molecule has 28 heavy (non-hydrogen) atoms. The maximum absolute atomic E-state index is 12.4. The Morgan fingerprint density at radius 1 is 1.07 bits per heavy atom. The van der Waals surface area contributed by atoms with E-state index in [-0.39, 0.29) is 18.4 Å². The molecule has 1 saturated heterocycles. The summed E-state index contributed by atoms with van der Waals surface area (Å²) in [6.07, 6.45) is 0. The highest BCUT2D eigenvalue weighted by Gasteiger charge is 2.15. The highest BCUT2D eigenvalue weighted by molar-refractivity contribution is 5.97. The molecule has 1 aliphatic rings. The molecule has 0 unspecified atom stereocenters. The van der Waals surface area contributed by atoms with Gasteiger partial charge < -0.3 is 25.0 Å². The molecule has 0 spiro atoms. The number of rotatable bonds is 7. The molecular weight excluding hydrogens is 358 g/mol. The third-order valence-corrected chi connectivity index (χ3v) is 4.38. The normalized spacial score (nSPS) is 13.7. The van der Waals surface area contributed by atoms with E-state index in [2.05, 4.69) is 15.5 Å². The lowest BCUT2D eigenvalue weighted by Gasteiger charge is -2.30. The van der Waals surface area contributed by atoms with Gasteiger partial charge in [0.25, 0.3) is 0 Å². The van der Waals surface area contributed by atoms with Crippen molar-refractivity contribution in [2.75, 3.05) is 55.0 Å². The van der Waals surface area contributed by atoms with Crippen LogP contribution < -0.4 is 15.5 Å². The molecule has 3 rings (SSSR count). The summed E-state index contributed by atoms with van der Waals surface area (Å²) in [6.45, 7) is 5.21. The van der Waals surface area contributed by atoms with Crippen LogP contribution in [0.4, 0.5) is 17.1 Å². The fourth-order valence-corrected chi connectivity index (χ4v) is 2.97. The van der Waals surface area contributed by atoms with E-state index in [0.717, 1.165) is 30.2 Å². The van der Waals surface area contributed by atoms with Crippen LogP contribution >= 0.6 is 0 Å². The number of hydrogen-bond acceptors (Lipinski definition) is 6. The Morgan fingerprint density at radius 2 is 1.79 bits per heavy atom. The standard InChI is InChI=1S/C21H25N3O4/c1-2-28-21(26)16-7-9-17(10-8-16)22-15-20(25)23-18-5-3-4-6-19(18)24-11-13-27-14-12-24/h3-10,22H,2,11-15H2,1H3,(H,23,25). The van der Waals surface area contributed by atoms with E-state index in [9.17, 15) is 9.59 Å². The molecule has 7 nitrogen and oxygen atoms in total. The fraction of sp³-hybridized carbons (Fsp3) is 0.333. The van der Waals surface area contributed by atoms with Crippen molar-refractivity contribution in [2.24, 2.45) is 0 Å². The monoisotopic (exact) mass is 383 g/mol. The lowest BCUT2D eigenvalue weighted by Crippen LogP contribution is -2.37. The first kappa shape index (κ1) is 19.7. The highest BCUT2D eigenvalue weighted by Crippen LogP contribution is 2.26. The Hall–Kier alpha value is -3.06. The van der Waals surface area contributed by atoms with Gasteiger partial charge in [0, 0.05) is 18.8 Å². The number of benzene rings is 2. The zero-order valence-electron chi connectivity index (χ0n) is 15.9. The maximum Gasteiger partial charge on any atom is 0.338 e. The van der Waals surface area contributed by atoms with Gasteiger partial charge in [0.15, 0.2) is 0 Å². The molecule has 1 heterocycles. The molecular formula is C21H25N3O4. The summed E-state index contributed by atoms with van der Waals surface area (Å²) < 4.78 is 10.4. The Bertz CT molecular complexity index is 802. The molecule has 0 radical (unpaired) electrons. The number of hydrogen-bond donors (Lipinski definition) is 2. The predicted octanol–water partition coefficient (Wildman–Crippen LogP) is 2.75. The van der Waals surface area contributed by atoms with Gasteiger partial charge >= 0.3 is 5.97 Å². The van der Waals surface area contributed by atoms with Crippen LogP contribution in [0.25, 0.3) is 0 Å². The van der Waals surface area contributed by atoms with Crippen molar-refractivity contribution in [3.8, 4) is 0 Å². The van der Waals surface area contributed by atoms with Gasteiger partial charge in [0.2, 0.25) is 5.91 Å². The smallest absolute Gasteiger partial charge is 0.338 e. The van der Waals surface area contributed by atoms with Gasteiger partial charge in [0.1, 0.15) is 0 Å². The van der Waals surface area contributed by atoms with Crippen molar-refractivity contribution in [3.63, 3.8) is 0 Å². The number of para-hydroxylation sites is 2. The number of anilines is 3. The van der Waals surface area contributed by atoms with Gasteiger partial charge in [-0.05, 0) is 43.3 Å². The molecule has 0 atom stereocenters. The lowest BCUT2D eigenvalue weighted by atomic mass is 10.2. The molecule has 2 N–H and O–H groups in total. The molecule has 2 aromatic carbocycles. The number of nitrogens with one attached hydrogen (secondary N) is 2. The average molecular weight is 383 g/mol. The van der Waals surface area contributed by atoms with E-state index in [1.54, 1.807) is 31.2 Å². The van der Waals surface area contributed by atoms with Crippen molar-refractivity contribution in [3.05, 3.63) is 54.1 Å². The van der Waals surface area contributed by atoms with Crippen molar-refractivity contribution in [1.29, 1.82) is 0 Å². The Balaban J connectivity index is 1.55. The van der Waals surface area contributed by atoms with E-state index in [1.807, 2.05) is 24.3 Å². The highest BCUT2D eigenvalue weighted by atomic mass is 16.5. The van der Waals surface area contributed by atoms with Gasteiger partial charge in [-0.15, -0.1) is 0 Å². The summed E-state index contributed by atoms with van der Waals surface area (Å²) in [5.74, 6) is -0.498. The minimum Gasteiger partial charge on any atom is -0.462 e. The van der Waals surface area contributed by atoms with Crippen LogP contribution in [0, 0.1) is 0 Å². The largest absolute Gasteiger partial charge is 0.462 e. The lowest BCUT2D eigenvalue weighted by molar-refractivity contribution is -0.114. The van der Waals surface area contributed by atoms with Crippen LogP contribution in [-0.2, 0) is 14.3 Å². The predicted molar refractivity (Wildman–Crippen MR) is 109 cm³/mol. The topological polar surface area (TPSA) is 79.9 Å². The van der Waals surface area contributed by atoms with Gasteiger partial charge in [-0.25, -0.2) is 4.79 Å². The molecule has 1 aliphatic heterocycles. The van der Waals surface area contributed by atoms with E-state index in [1.165, 1.54) is 0 Å². The number of esters is 1. The SMILES string of the molecule is CCOC(=O)c1ccc(NCC(=O)Nc2ccccc2N2CCOCC2)cc1. The number of carbonyl (C=O) groups excluding carboxylic acids is 2. The molecule has 0 aromatic heterocycles. The first-order valence-electron chi connectivity index (χ1n) is 9.40. The molecule has 1 amide bonds. The molecule has 2 aromatic rings. The summed E-state index contributed by atoms with van der Waals surface area (Å²) in [5, 5.41) is 6.03. The van der Waals surface area contributed by atoms with Crippen LogP contribution in [0.15, 0.2) is 48.5 Å². The molecule has 1 fully saturated rings. The van der Waals surface area contributed by atoms with Gasteiger partial charge in [-0.3, -0.25) is 4.79 Å². The first-order valence-corrected chi connectivity index (χ1v) is 9.40. The second-order valence-electron chi connectivity index (χ2n) is 6.32. The van der Waals surface area contributed by atoms with E-state index in [4.69, 9.17) is 9.47 Å². The van der Waals surface area contributed by atoms with Crippen LogP contribution in [0.3, 0.4) is 0 Å². The summed E-state index contributed by atoms with van der Waals surface area (Å²) >= 11 is 0. The molecule has 0 saturated carbocycles. The number of ether oxygens (including phenoxy) is 2. The van der Waals surface area contributed by atoms with Gasteiger partial charge in [-0.1, -0.05) is 12.1 Å². The second kappa shape index (κ2) is 9.75. The second-order valence-corrected chi connectivity index (χ2v) is 6.32. The van der Waals surface area contributed by atoms with E-state index in [0.29, 0.717) is 25.4 Å². The fourth-order valence-electron chi connectivity index (χ4n) is 2.97. The van der Waals surface area contributed by atoms with Crippen molar-refractivity contribution < 1.29 is 19.1 Å². The van der Waals surface area contributed by atoms with E-state index < -0.39 is 0 Å². The Morgan fingerprint density at radius 3 is 2.50 bits per heavy atom. The van der Waals surface area contributed by atoms with Crippen molar-refractivity contribution >= 4 is 28.9 Å². The minimum atomic E-state index is -0.355. The van der Waals surface area contributed by atoms with Crippen LogP contribution in [0.1, 0.15) is 17.3 Å². The Labute approximate surface area is 164 Å². The van der Waals surface area contributed by atoms with Gasteiger partial charge in [-0.2, -0.15) is 0 Å². The molecule has 0 aliphatic carbocycles. The van der Waals surface area contributed by atoms with E-state index >= 15 is 0 Å². The summed E-state index contributed by atoms with van der Waals surface area (Å²) in [5.41, 5.74) is 3.02. The molecule has 148 valence electrons. The Kier molecular flexibility index (Phi) is 6.86. The van der Waals surface area contributed by atoms with Crippen LogP contribution in [0.5, 0.6) is 0 Å². The average Bonchev–Trinajstić information content (AvgIpc) is 2.74. The van der Waals surface area contributed by atoms with Crippen molar-refractivity contribution in [2.45, 2.75) is 6.92 Å². The number of carbonyl (C=O) groups is 2. The van der Waals surface area contributed by atoms with Crippen LogP contribution in [0.2, 0.25) is 0 Å². The summed E-state index contributed by atoms with van der Waals surface area (Å²) in [7, 11) is 0. The van der Waals surface area contributed by atoms with Gasteiger partial charge in [0.05, 0.1) is 43.3 Å². The van der Waals surface area contributed by atoms with Crippen LogP contribution in [-0.4, -0.2) is 51.3 Å². The number of morpholine rings is 1. The molecule has 7 heteroatoms. The molecule has 0 bridgehead atoms. The van der Waals surface area contributed by atoms with Crippen molar-refractivity contribution in [1.82, 2.24) is 0 Å². The summed E-state index contributed by atoms with van der Waals surface area (Å²) in [6, 6.07) is 14.6. The summed E-state index contributed by atoms with van der Waals surface area (Å²) in [4.78, 5) is 26.3. The third kappa shape index (κ3) is 5.23. The maximum atomic E-state index is 12.4. The zero-order chi connectivity index (χ0) is 19.8. The first-order chi connectivity index (χ1) is 13.7. The number of amides is 1. The number of nitrogens with zero attached hydrogens (tertiary/aromatic N) is 1.